The molecule has 0 amide bonds. The fourth-order valence-electron chi connectivity index (χ4n) is 2.14. The Bertz CT molecular complexity index is 652. The number of primary sulfonamides is 1. The van der Waals surface area contributed by atoms with Crippen molar-refractivity contribution in [1.82, 2.24) is 0 Å². The van der Waals surface area contributed by atoms with Crippen molar-refractivity contribution in [2.24, 2.45) is 11.1 Å². The predicted octanol–water partition coefficient (Wildman–Crippen LogP) is 0.966. The Hall–Kier alpha value is -1.71. The third-order valence-corrected chi connectivity index (χ3v) is 4.31. The Kier molecular flexibility index (Phi) is 4.45. The largest absolute Gasteiger partial charge is 0.486 e. The molecule has 1 aromatic rings. The summed E-state index contributed by atoms with van der Waals surface area (Å²) in [6.45, 7) is 3.01. The van der Waals surface area contributed by atoms with Gasteiger partial charge in [-0.25, -0.2) is 13.6 Å². The molecule has 2 N–H and O–H groups in total. The van der Waals surface area contributed by atoms with Crippen molar-refractivity contribution in [3.05, 3.63) is 27.8 Å². The molecule has 0 aromatic heterocycles. The fraction of sp³-hybridized carbons (Fsp3) is 0.500. The van der Waals surface area contributed by atoms with Crippen LogP contribution in [0.4, 0.5) is 5.69 Å². The molecule has 0 aliphatic carbocycles. The zero-order valence-electron chi connectivity index (χ0n) is 11.4. The molecule has 116 valence electrons. The summed E-state index contributed by atoms with van der Waals surface area (Å²) < 4.78 is 33.5. The van der Waals surface area contributed by atoms with E-state index in [9.17, 15) is 18.5 Å². The Morgan fingerprint density at radius 3 is 2.76 bits per heavy atom. The van der Waals surface area contributed by atoms with E-state index in [4.69, 9.17) is 14.6 Å². The summed E-state index contributed by atoms with van der Waals surface area (Å²) in [5.74, 6) is 0.222. The molecular formula is C12H16N2O6S. The van der Waals surface area contributed by atoms with Crippen LogP contribution in [-0.2, 0) is 14.8 Å². The van der Waals surface area contributed by atoms with Crippen molar-refractivity contribution in [1.29, 1.82) is 0 Å². The quantitative estimate of drug-likeness (QED) is 0.638. The second-order valence-electron chi connectivity index (χ2n) is 4.93. The topological polar surface area (TPSA) is 122 Å². The molecule has 0 bridgehead atoms. The Balaban J connectivity index is 2.31. The van der Waals surface area contributed by atoms with Crippen LogP contribution in [0.25, 0.3) is 0 Å². The number of nitro groups is 1. The maximum absolute atomic E-state index is 11.4. The van der Waals surface area contributed by atoms with E-state index in [1.54, 1.807) is 0 Å². The molecule has 0 saturated carbocycles. The van der Waals surface area contributed by atoms with Crippen molar-refractivity contribution in [3.8, 4) is 5.75 Å². The number of nitrogens with zero attached hydrogens (tertiary/aromatic N) is 1. The van der Waals surface area contributed by atoms with Gasteiger partial charge in [-0.1, -0.05) is 0 Å². The van der Waals surface area contributed by atoms with Gasteiger partial charge in [0.1, 0.15) is 0 Å². The van der Waals surface area contributed by atoms with Crippen molar-refractivity contribution < 1.29 is 22.8 Å². The molecule has 8 nitrogen and oxygen atoms in total. The lowest BCUT2D eigenvalue weighted by Gasteiger charge is -2.12. The standard InChI is InChI=1S/C12H16N2O6S/c1-8-4-11(20-7-9-2-3-19-6-9)10(14(15)16)5-12(8)21(13,17)18/h4-5,9H,2-3,6-7H2,1H3,(H2,13,17,18). The average Bonchev–Trinajstić information content (AvgIpc) is 2.87. The fourth-order valence-corrected chi connectivity index (χ4v) is 2.92. The molecule has 1 aromatic carbocycles. The SMILES string of the molecule is Cc1cc(OCC2CCOC2)c([N+](=O)[O-])cc1S(N)(=O)=O. The normalized spacial score (nSPS) is 18.7. The number of ether oxygens (including phenoxy) is 2. The number of hydrogen-bond acceptors (Lipinski definition) is 6. The highest BCUT2D eigenvalue weighted by atomic mass is 32.2. The lowest BCUT2D eigenvalue weighted by Crippen LogP contribution is -2.15. The summed E-state index contributed by atoms with van der Waals surface area (Å²) in [5, 5.41) is 16.1. The summed E-state index contributed by atoms with van der Waals surface area (Å²) in [7, 11) is -4.02. The van der Waals surface area contributed by atoms with Crippen LogP contribution in [0, 0.1) is 23.0 Å². The molecule has 1 aliphatic heterocycles. The number of nitro benzene ring substituents is 1. The zero-order valence-corrected chi connectivity index (χ0v) is 12.3. The van der Waals surface area contributed by atoms with Gasteiger partial charge in [0.2, 0.25) is 10.0 Å². The summed E-state index contributed by atoms with van der Waals surface area (Å²) in [4.78, 5) is 10.1. The van der Waals surface area contributed by atoms with Crippen LogP contribution in [0.3, 0.4) is 0 Å². The highest BCUT2D eigenvalue weighted by Gasteiger charge is 2.24. The smallest absolute Gasteiger partial charge is 0.312 e. The summed E-state index contributed by atoms with van der Waals surface area (Å²) in [6, 6.07) is 2.26. The lowest BCUT2D eigenvalue weighted by molar-refractivity contribution is -0.386. The Morgan fingerprint density at radius 2 is 2.24 bits per heavy atom. The minimum Gasteiger partial charge on any atom is -0.486 e. The number of hydrogen-bond donors (Lipinski definition) is 1. The van der Waals surface area contributed by atoms with E-state index in [0.29, 0.717) is 18.8 Å². The number of aryl methyl sites for hydroxylation is 1. The summed E-state index contributed by atoms with van der Waals surface area (Å²) in [6.07, 6.45) is 0.835. The van der Waals surface area contributed by atoms with Crippen LogP contribution >= 0.6 is 0 Å². The second kappa shape index (κ2) is 5.96. The van der Waals surface area contributed by atoms with E-state index in [1.807, 2.05) is 0 Å². The molecule has 1 unspecified atom stereocenters. The molecule has 1 saturated heterocycles. The highest BCUT2D eigenvalue weighted by Crippen LogP contribution is 2.32. The third-order valence-electron chi connectivity index (χ3n) is 3.26. The molecule has 9 heteroatoms. The van der Waals surface area contributed by atoms with Crippen LogP contribution in [0.15, 0.2) is 17.0 Å². The van der Waals surface area contributed by atoms with Gasteiger partial charge in [-0.15, -0.1) is 0 Å². The maximum Gasteiger partial charge on any atom is 0.312 e. The average molecular weight is 316 g/mol. The van der Waals surface area contributed by atoms with E-state index < -0.39 is 20.6 Å². The first-order valence-corrected chi connectivity index (χ1v) is 7.86. The van der Waals surface area contributed by atoms with E-state index in [2.05, 4.69) is 0 Å². The van der Waals surface area contributed by atoms with E-state index in [0.717, 1.165) is 12.5 Å². The number of rotatable bonds is 5. The zero-order chi connectivity index (χ0) is 15.6. The van der Waals surface area contributed by atoms with Gasteiger partial charge in [-0.05, 0) is 25.0 Å². The maximum atomic E-state index is 11.4. The van der Waals surface area contributed by atoms with Crippen LogP contribution in [0.2, 0.25) is 0 Å². The highest BCUT2D eigenvalue weighted by molar-refractivity contribution is 7.89. The Morgan fingerprint density at radius 1 is 1.52 bits per heavy atom. The lowest BCUT2D eigenvalue weighted by atomic mass is 10.1. The van der Waals surface area contributed by atoms with E-state index in [-0.39, 0.29) is 23.2 Å². The number of nitrogens with two attached hydrogens (primary N) is 1. The first-order chi connectivity index (χ1) is 9.79. The molecule has 0 spiro atoms. The molecular weight excluding hydrogens is 300 g/mol. The van der Waals surface area contributed by atoms with Crippen molar-refractivity contribution in [2.75, 3.05) is 19.8 Å². The van der Waals surface area contributed by atoms with Gasteiger partial charge in [0.25, 0.3) is 0 Å². The molecule has 0 radical (unpaired) electrons. The van der Waals surface area contributed by atoms with Gasteiger partial charge in [0, 0.05) is 18.6 Å². The second-order valence-corrected chi connectivity index (χ2v) is 6.46. The molecule has 2 rings (SSSR count). The van der Waals surface area contributed by atoms with Crippen LogP contribution in [-0.4, -0.2) is 33.2 Å². The van der Waals surface area contributed by atoms with Gasteiger partial charge < -0.3 is 9.47 Å². The van der Waals surface area contributed by atoms with E-state index in [1.165, 1.54) is 13.0 Å². The van der Waals surface area contributed by atoms with Crippen molar-refractivity contribution in [3.63, 3.8) is 0 Å². The van der Waals surface area contributed by atoms with Crippen LogP contribution in [0.1, 0.15) is 12.0 Å². The first kappa shape index (κ1) is 15.7. The molecule has 21 heavy (non-hydrogen) atoms. The predicted molar refractivity (Wildman–Crippen MR) is 73.6 cm³/mol. The van der Waals surface area contributed by atoms with E-state index >= 15 is 0 Å². The van der Waals surface area contributed by atoms with Crippen molar-refractivity contribution >= 4 is 15.7 Å². The number of sulfonamides is 1. The summed E-state index contributed by atoms with van der Waals surface area (Å²) >= 11 is 0. The third kappa shape index (κ3) is 3.69. The molecule has 1 aliphatic rings. The molecule has 1 fully saturated rings. The monoisotopic (exact) mass is 316 g/mol. The minimum atomic E-state index is -4.02. The summed E-state index contributed by atoms with van der Waals surface area (Å²) in [5.41, 5.74) is -0.107. The van der Waals surface area contributed by atoms with Gasteiger partial charge >= 0.3 is 5.69 Å². The molecule has 1 heterocycles. The number of benzene rings is 1. The van der Waals surface area contributed by atoms with Gasteiger partial charge in [-0.3, -0.25) is 10.1 Å². The van der Waals surface area contributed by atoms with Crippen LogP contribution < -0.4 is 9.88 Å². The first-order valence-electron chi connectivity index (χ1n) is 6.31. The van der Waals surface area contributed by atoms with Crippen molar-refractivity contribution in [2.45, 2.75) is 18.2 Å². The molecule has 1 atom stereocenters. The Labute approximate surface area is 122 Å². The van der Waals surface area contributed by atoms with Crippen LogP contribution in [0.5, 0.6) is 5.75 Å². The van der Waals surface area contributed by atoms with Gasteiger partial charge in [0.15, 0.2) is 5.75 Å². The minimum absolute atomic E-state index is 0.0387. The van der Waals surface area contributed by atoms with Gasteiger partial charge in [-0.2, -0.15) is 0 Å². The van der Waals surface area contributed by atoms with Gasteiger partial charge in [0.05, 0.1) is 23.0 Å².